The van der Waals surface area contributed by atoms with Gasteiger partial charge in [0.25, 0.3) is 5.91 Å². The zero-order valence-corrected chi connectivity index (χ0v) is 13.3. The molecule has 0 aliphatic heterocycles. The Balaban J connectivity index is 2.15. The van der Waals surface area contributed by atoms with Gasteiger partial charge in [-0.15, -0.1) is 0 Å². The number of hydrogen-bond acceptors (Lipinski definition) is 5. The summed E-state index contributed by atoms with van der Waals surface area (Å²) < 4.78 is 15.2. The van der Waals surface area contributed by atoms with E-state index in [1.807, 2.05) is 31.2 Å². The van der Waals surface area contributed by atoms with Crippen molar-refractivity contribution >= 4 is 11.9 Å². The Morgan fingerprint density at radius 1 is 1.23 bits per heavy atom. The number of rotatable bonds is 9. The predicted molar refractivity (Wildman–Crippen MR) is 81.7 cm³/mol. The fraction of sp³-hybridized carbons (Fsp3) is 0.500. The van der Waals surface area contributed by atoms with E-state index < -0.39 is 5.97 Å². The van der Waals surface area contributed by atoms with Crippen LogP contribution in [0.15, 0.2) is 24.3 Å². The quantitative estimate of drug-likeness (QED) is 0.699. The van der Waals surface area contributed by atoms with Gasteiger partial charge in [0.1, 0.15) is 5.75 Å². The van der Waals surface area contributed by atoms with E-state index in [0.29, 0.717) is 12.4 Å². The maximum Gasteiger partial charge on any atom is 0.309 e. The van der Waals surface area contributed by atoms with Crippen LogP contribution in [0.25, 0.3) is 0 Å². The molecule has 0 aliphatic carbocycles. The second kappa shape index (κ2) is 9.78. The van der Waals surface area contributed by atoms with E-state index in [1.165, 1.54) is 0 Å². The fourth-order valence-corrected chi connectivity index (χ4v) is 1.71. The SMILES string of the molecule is COCC(C)NC(=O)COC(=O)CCOc1ccc(C)cc1. The van der Waals surface area contributed by atoms with E-state index in [2.05, 4.69) is 5.32 Å². The van der Waals surface area contributed by atoms with Crippen molar-refractivity contribution in [3.8, 4) is 5.75 Å². The van der Waals surface area contributed by atoms with Gasteiger partial charge in [0.15, 0.2) is 6.61 Å². The maximum absolute atomic E-state index is 11.5. The van der Waals surface area contributed by atoms with E-state index in [4.69, 9.17) is 14.2 Å². The summed E-state index contributed by atoms with van der Waals surface area (Å²) in [7, 11) is 1.55. The molecule has 1 unspecified atom stereocenters. The highest BCUT2D eigenvalue weighted by Gasteiger charge is 2.10. The number of benzene rings is 1. The lowest BCUT2D eigenvalue weighted by molar-refractivity contribution is -0.149. The van der Waals surface area contributed by atoms with E-state index in [-0.39, 0.29) is 31.6 Å². The van der Waals surface area contributed by atoms with Crippen molar-refractivity contribution in [1.29, 1.82) is 0 Å². The molecule has 1 aromatic carbocycles. The molecular weight excluding hydrogens is 286 g/mol. The number of hydrogen-bond donors (Lipinski definition) is 1. The summed E-state index contributed by atoms with van der Waals surface area (Å²) >= 11 is 0. The molecule has 0 saturated carbocycles. The first-order valence-electron chi connectivity index (χ1n) is 7.14. The minimum absolute atomic E-state index is 0.0920. The summed E-state index contributed by atoms with van der Waals surface area (Å²) in [6.07, 6.45) is 0.0920. The zero-order chi connectivity index (χ0) is 16.4. The Morgan fingerprint density at radius 2 is 1.91 bits per heavy atom. The lowest BCUT2D eigenvalue weighted by atomic mass is 10.2. The van der Waals surface area contributed by atoms with Crippen molar-refractivity contribution in [3.05, 3.63) is 29.8 Å². The van der Waals surface area contributed by atoms with Crippen molar-refractivity contribution < 1.29 is 23.8 Å². The van der Waals surface area contributed by atoms with Crippen LogP contribution >= 0.6 is 0 Å². The summed E-state index contributed by atoms with van der Waals surface area (Å²) in [5.74, 6) is -0.122. The number of carbonyl (C=O) groups excluding carboxylic acids is 2. The largest absolute Gasteiger partial charge is 0.493 e. The number of aryl methyl sites for hydroxylation is 1. The lowest BCUT2D eigenvalue weighted by Crippen LogP contribution is -2.38. The maximum atomic E-state index is 11.5. The Kier molecular flexibility index (Phi) is 7.99. The number of nitrogens with one attached hydrogen (secondary N) is 1. The number of amides is 1. The Hall–Kier alpha value is -2.08. The molecule has 0 radical (unpaired) electrons. The Morgan fingerprint density at radius 3 is 2.55 bits per heavy atom. The molecule has 1 aromatic rings. The van der Waals surface area contributed by atoms with Gasteiger partial charge in [-0.2, -0.15) is 0 Å². The van der Waals surface area contributed by atoms with Crippen molar-refractivity contribution in [2.45, 2.75) is 26.3 Å². The number of methoxy groups -OCH3 is 1. The third-order valence-electron chi connectivity index (χ3n) is 2.78. The van der Waals surface area contributed by atoms with Crippen LogP contribution < -0.4 is 10.1 Å². The zero-order valence-electron chi connectivity index (χ0n) is 13.3. The van der Waals surface area contributed by atoms with E-state index in [1.54, 1.807) is 14.0 Å². The van der Waals surface area contributed by atoms with Crippen LogP contribution in [0, 0.1) is 6.92 Å². The first-order chi connectivity index (χ1) is 10.5. The Bertz CT molecular complexity index is 472. The molecule has 1 rings (SSSR count). The minimum atomic E-state index is -0.471. The van der Waals surface area contributed by atoms with Crippen LogP contribution in [0.3, 0.4) is 0 Å². The second-order valence-electron chi connectivity index (χ2n) is 5.00. The molecule has 22 heavy (non-hydrogen) atoms. The van der Waals surface area contributed by atoms with Crippen LogP contribution in [0.2, 0.25) is 0 Å². The van der Waals surface area contributed by atoms with Gasteiger partial charge in [0.2, 0.25) is 0 Å². The summed E-state index contributed by atoms with van der Waals surface area (Å²) in [5.41, 5.74) is 1.14. The van der Waals surface area contributed by atoms with Gasteiger partial charge in [-0.25, -0.2) is 0 Å². The highest BCUT2D eigenvalue weighted by molar-refractivity contribution is 5.80. The summed E-state index contributed by atoms with van der Waals surface area (Å²) in [6.45, 7) is 4.11. The molecule has 0 bridgehead atoms. The average molecular weight is 309 g/mol. The molecule has 6 nitrogen and oxygen atoms in total. The number of ether oxygens (including phenoxy) is 3. The van der Waals surface area contributed by atoms with Gasteiger partial charge in [0, 0.05) is 13.2 Å². The highest BCUT2D eigenvalue weighted by atomic mass is 16.5. The van der Waals surface area contributed by atoms with Crippen molar-refractivity contribution in [1.82, 2.24) is 5.32 Å². The standard InChI is InChI=1S/C16H23NO5/c1-12-4-6-14(7-5-12)21-9-8-16(19)22-11-15(18)17-13(2)10-20-3/h4-7,13H,8-11H2,1-3H3,(H,17,18). The van der Waals surface area contributed by atoms with Crippen LogP contribution in [0.1, 0.15) is 18.9 Å². The molecule has 0 aromatic heterocycles. The van der Waals surface area contributed by atoms with Crippen LogP contribution in [-0.2, 0) is 19.1 Å². The molecular formula is C16H23NO5. The lowest BCUT2D eigenvalue weighted by Gasteiger charge is -2.12. The van der Waals surface area contributed by atoms with Gasteiger partial charge in [-0.1, -0.05) is 17.7 Å². The first kappa shape index (κ1) is 18.0. The summed E-state index contributed by atoms with van der Waals surface area (Å²) in [4.78, 5) is 23.0. The molecule has 1 N–H and O–H groups in total. The second-order valence-corrected chi connectivity index (χ2v) is 5.00. The molecule has 0 aliphatic rings. The molecule has 1 amide bonds. The molecule has 122 valence electrons. The smallest absolute Gasteiger partial charge is 0.309 e. The number of carbonyl (C=O) groups is 2. The van der Waals surface area contributed by atoms with Crippen molar-refractivity contribution in [3.63, 3.8) is 0 Å². The van der Waals surface area contributed by atoms with E-state index in [0.717, 1.165) is 5.56 Å². The number of esters is 1. The molecule has 0 saturated heterocycles. The fourth-order valence-electron chi connectivity index (χ4n) is 1.71. The van der Waals surface area contributed by atoms with Crippen LogP contribution in [0.4, 0.5) is 0 Å². The molecule has 1 atom stereocenters. The minimum Gasteiger partial charge on any atom is -0.493 e. The third kappa shape index (κ3) is 7.64. The van der Waals surface area contributed by atoms with Gasteiger partial charge < -0.3 is 19.5 Å². The average Bonchev–Trinajstić information content (AvgIpc) is 2.47. The first-order valence-corrected chi connectivity index (χ1v) is 7.14. The van der Waals surface area contributed by atoms with E-state index >= 15 is 0 Å². The summed E-state index contributed by atoms with van der Waals surface area (Å²) in [6, 6.07) is 7.41. The van der Waals surface area contributed by atoms with Gasteiger partial charge >= 0.3 is 5.97 Å². The van der Waals surface area contributed by atoms with Crippen LogP contribution in [0.5, 0.6) is 5.75 Å². The van der Waals surface area contributed by atoms with Gasteiger partial charge in [-0.3, -0.25) is 9.59 Å². The normalized spacial score (nSPS) is 11.6. The van der Waals surface area contributed by atoms with Gasteiger partial charge in [0.05, 0.1) is 19.6 Å². The highest BCUT2D eigenvalue weighted by Crippen LogP contribution is 2.11. The van der Waals surface area contributed by atoms with E-state index in [9.17, 15) is 9.59 Å². The monoisotopic (exact) mass is 309 g/mol. The van der Waals surface area contributed by atoms with Gasteiger partial charge in [-0.05, 0) is 26.0 Å². The van der Waals surface area contributed by atoms with Crippen LogP contribution in [-0.4, -0.2) is 44.8 Å². The third-order valence-corrected chi connectivity index (χ3v) is 2.78. The van der Waals surface area contributed by atoms with Crippen molar-refractivity contribution in [2.24, 2.45) is 0 Å². The predicted octanol–water partition coefficient (Wildman–Crippen LogP) is 1.46. The molecule has 0 fully saturated rings. The molecule has 0 heterocycles. The summed E-state index contributed by atoms with van der Waals surface area (Å²) in [5, 5.41) is 2.65. The molecule has 6 heteroatoms. The topological polar surface area (TPSA) is 73.9 Å². The van der Waals surface area contributed by atoms with Crippen molar-refractivity contribution in [2.75, 3.05) is 26.9 Å². The molecule has 0 spiro atoms. The Labute approximate surface area is 130 Å².